The fourth-order valence-corrected chi connectivity index (χ4v) is 3.30. The van der Waals surface area contributed by atoms with Gasteiger partial charge in [0.25, 0.3) is 5.91 Å². The molecule has 148 valence electrons. The monoisotopic (exact) mass is 406 g/mol. The van der Waals surface area contributed by atoms with Gasteiger partial charge in [-0.25, -0.2) is 0 Å². The first kappa shape index (κ1) is 20.6. The van der Waals surface area contributed by atoms with Gasteiger partial charge in [-0.1, -0.05) is 66.2 Å². The SMILES string of the molecule is Cc1ccc(C)c(NC(=O)CC(NC(=O)c2ccccc2Cl)c2ccccc2)c1. The molecule has 29 heavy (non-hydrogen) atoms. The Morgan fingerprint density at radius 3 is 2.34 bits per heavy atom. The van der Waals surface area contributed by atoms with Crippen molar-refractivity contribution in [2.45, 2.75) is 26.3 Å². The molecular weight excluding hydrogens is 384 g/mol. The average molecular weight is 407 g/mol. The summed E-state index contributed by atoms with van der Waals surface area (Å²) in [4.78, 5) is 25.5. The summed E-state index contributed by atoms with van der Waals surface area (Å²) in [5.74, 6) is -0.490. The molecule has 0 aliphatic rings. The molecule has 1 unspecified atom stereocenters. The van der Waals surface area contributed by atoms with Crippen molar-refractivity contribution in [1.82, 2.24) is 5.32 Å². The van der Waals surface area contributed by atoms with Gasteiger partial charge in [0.2, 0.25) is 5.91 Å². The maximum atomic E-state index is 12.8. The van der Waals surface area contributed by atoms with Gasteiger partial charge in [-0.3, -0.25) is 9.59 Å². The van der Waals surface area contributed by atoms with Crippen molar-refractivity contribution < 1.29 is 9.59 Å². The normalized spacial score (nSPS) is 11.6. The second kappa shape index (κ2) is 9.39. The molecule has 0 spiro atoms. The number of hydrogen-bond donors (Lipinski definition) is 2. The molecule has 0 radical (unpaired) electrons. The Bertz CT molecular complexity index is 1020. The van der Waals surface area contributed by atoms with Gasteiger partial charge in [-0.15, -0.1) is 0 Å². The van der Waals surface area contributed by atoms with E-state index >= 15 is 0 Å². The molecule has 3 aromatic rings. The molecule has 3 rings (SSSR count). The maximum Gasteiger partial charge on any atom is 0.253 e. The van der Waals surface area contributed by atoms with E-state index in [9.17, 15) is 9.59 Å². The zero-order valence-corrected chi connectivity index (χ0v) is 17.2. The highest BCUT2D eigenvalue weighted by atomic mass is 35.5. The van der Waals surface area contributed by atoms with Crippen molar-refractivity contribution in [3.05, 3.63) is 100 Å². The van der Waals surface area contributed by atoms with E-state index in [-0.39, 0.29) is 18.2 Å². The van der Waals surface area contributed by atoms with Gasteiger partial charge in [0.05, 0.1) is 23.0 Å². The first-order valence-corrected chi connectivity index (χ1v) is 9.79. The highest BCUT2D eigenvalue weighted by Crippen LogP contribution is 2.22. The number of carbonyl (C=O) groups is 2. The van der Waals surface area contributed by atoms with Crippen LogP contribution >= 0.6 is 11.6 Å². The molecule has 0 aliphatic carbocycles. The van der Waals surface area contributed by atoms with Crippen LogP contribution < -0.4 is 10.6 Å². The Balaban J connectivity index is 1.79. The van der Waals surface area contributed by atoms with Crippen molar-refractivity contribution in [1.29, 1.82) is 0 Å². The number of halogens is 1. The van der Waals surface area contributed by atoms with E-state index in [2.05, 4.69) is 10.6 Å². The van der Waals surface area contributed by atoms with Gasteiger partial charge in [0.1, 0.15) is 0 Å². The first-order chi connectivity index (χ1) is 13.9. The second-order valence-electron chi connectivity index (χ2n) is 6.99. The third kappa shape index (κ3) is 5.46. The summed E-state index contributed by atoms with van der Waals surface area (Å²) in [7, 11) is 0. The molecule has 0 saturated heterocycles. The van der Waals surface area contributed by atoms with E-state index in [1.807, 2.05) is 62.4 Å². The van der Waals surface area contributed by atoms with Crippen LogP contribution in [0.1, 0.15) is 39.5 Å². The molecule has 0 aromatic heterocycles. The predicted octanol–water partition coefficient (Wildman–Crippen LogP) is 5.46. The minimum atomic E-state index is -0.481. The number of aryl methyl sites for hydroxylation is 2. The number of amides is 2. The van der Waals surface area contributed by atoms with Gasteiger partial charge in [-0.05, 0) is 48.7 Å². The molecule has 0 bridgehead atoms. The van der Waals surface area contributed by atoms with Crippen molar-refractivity contribution in [3.63, 3.8) is 0 Å². The van der Waals surface area contributed by atoms with Gasteiger partial charge >= 0.3 is 0 Å². The van der Waals surface area contributed by atoms with E-state index in [4.69, 9.17) is 11.6 Å². The summed E-state index contributed by atoms with van der Waals surface area (Å²) in [5.41, 5.74) is 4.06. The number of rotatable bonds is 6. The fourth-order valence-electron chi connectivity index (χ4n) is 3.08. The molecule has 0 saturated carbocycles. The van der Waals surface area contributed by atoms with Crippen LogP contribution in [0.2, 0.25) is 5.02 Å². The molecule has 2 amide bonds. The highest BCUT2D eigenvalue weighted by molar-refractivity contribution is 6.33. The van der Waals surface area contributed by atoms with Crippen LogP contribution in [0.3, 0.4) is 0 Å². The summed E-state index contributed by atoms with van der Waals surface area (Å²) >= 11 is 6.15. The standard InChI is InChI=1S/C24H23ClN2O2/c1-16-12-13-17(2)21(14-16)26-23(28)15-22(18-8-4-3-5-9-18)27-24(29)19-10-6-7-11-20(19)25/h3-14,22H,15H2,1-2H3,(H,26,28)(H,27,29). The quantitative estimate of drug-likeness (QED) is 0.571. The van der Waals surface area contributed by atoms with E-state index in [1.165, 1.54) is 0 Å². The van der Waals surface area contributed by atoms with Crippen LogP contribution in [-0.4, -0.2) is 11.8 Å². The molecule has 0 fully saturated rings. The van der Waals surface area contributed by atoms with Crippen LogP contribution in [-0.2, 0) is 4.79 Å². The number of anilines is 1. The number of benzene rings is 3. The smallest absolute Gasteiger partial charge is 0.253 e. The topological polar surface area (TPSA) is 58.2 Å². The number of nitrogens with one attached hydrogen (secondary N) is 2. The summed E-state index contributed by atoms with van der Waals surface area (Å²) in [6.07, 6.45) is 0.105. The maximum absolute atomic E-state index is 12.8. The largest absolute Gasteiger partial charge is 0.345 e. The fraction of sp³-hybridized carbons (Fsp3) is 0.167. The van der Waals surface area contributed by atoms with E-state index < -0.39 is 6.04 Å². The van der Waals surface area contributed by atoms with Crippen LogP contribution in [0, 0.1) is 13.8 Å². The Labute approximate surface area is 175 Å². The molecule has 0 aliphatic heterocycles. The highest BCUT2D eigenvalue weighted by Gasteiger charge is 2.20. The van der Waals surface area contributed by atoms with E-state index in [0.29, 0.717) is 10.6 Å². The predicted molar refractivity (Wildman–Crippen MR) is 117 cm³/mol. The average Bonchev–Trinajstić information content (AvgIpc) is 2.71. The minimum Gasteiger partial charge on any atom is -0.345 e. The van der Waals surface area contributed by atoms with Crippen molar-refractivity contribution in [2.24, 2.45) is 0 Å². The number of hydrogen-bond acceptors (Lipinski definition) is 2. The van der Waals surface area contributed by atoms with Gasteiger partial charge in [0.15, 0.2) is 0 Å². The Kier molecular flexibility index (Phi) is 6.68. The molecule has 3 aromatic carbocycles. The third-order valence-electron chi connectivity index (χ3n) is 4.68. The van der Waals surface area contributed by atoms with Crippen molar-refractivity contribution in [2.75, 3.05) is 5.32 Å². The zero-order chi connectivity index (χ0) is 20.8. The zero-order valence-electron chi connectivity index (χ0n) is 16.4. The van der Waals surface area contributed by atoms with E-state index in [0.717, 1.165) is 22.4 Å². The second-order valence-corrected chi connectivity index (χ2v) is 7.39. The summed E-state index contributed by atoms with van der Waals surface area (Å²) in [6.45, 7) is 3.93. The Morgan fingerprint density at radius 2 is 1.62 bits per heavy atom. The lowest BCUT2D eigenvalue weighted by Crippen LogP contribution is -2.31. The molecule has 2 N–H and O–H groups in total. The molecule has 4 nitrogen and oxygen atoms in total. The first-order valence-electron chi connectivity index (χ1n) is 9.41. The molecule has 0 heterocycles. The lowest BCUT2D eigenvalue weighted by molar-refractivity contribution is -0.116. The van der Waals surface area contributed by atoms with E-state index in [1.54, 1.807) is 24.3 Å². The van der Waals surface area contributed by atoms with Gasteiger partial charge < -0.3 is 10.6 Å². The minimum absolute atomic E-state index is 0.105. The van der Waals surface area contributed by atoms with Crippen LogP contribution in [0.4, 0.5) is 5.69 Å². The summed E-state index contributed by atoms with van der Waals surface area (Å²) in [5, 5.41) is 6.28. The van der Waals surface area contributed by atoms with Crippen LogP contribution in [0.15, 0.2) is 72.8 Å². The van der Waals surface area contributed by atoms with Gasteiger partial charge in [-0.2, -0.15) is 0 Å². The lowest BCUT2D eigenvalue weighted by Gasteiger charge is -2.20. The van der Waals surface area contributed by atoms with Crippen LogP contribution in [0.5, 0.6) is 0 Å². The molecular formula is C24H23ClN2O2. The summed E-state index contributed by atoms with van der Waals surface area (Å²) in [6, 6.07) is 21.7. The van der Waals surface area contributed by atoms with Gasteiger partial charge in [0, 0.05) is 5.69 Å². The lowest BCUT2D eigenvalue weighted by atomic mass is 10.0. The van der Waals surface area contributed by atoms with Crippen LogP contribution in [0.25, 0.3) is 0 Å². The Hall–Kier alpha value is -3.11. The van der Waals surface area contributed by atoms with Crippen molar-refractivity contribution >= 4 is 29.1 Å². The molecule has 5 heteroatoms. The van der Waals surface area contributed by atoms with Crippen molar-refractivity contribution in [3.8, 4) is 0 Å². The molecule has 1 atom stereocenters. The summed E-state index contributed by atoms with van der Waals surface area (Å²) < 4.78 is 0. The number of carbonyl (C=O) groups excluding carboxylic acids is 2. The third-order valence-corrected chi connectivity index (χ3v) is 5.01. The Morgan fingerprint density at radius 1 is 0.931 bits per heavy atom.